The van der Waals surface area contributed by atoms with E-state index < -0.39 is 0 Å². The number of phenolic OH excluding ortho intramolecular Hbond substituents is 1. The standard InChI is InChI=1S/C26H23N3O2Se/c1-18-7-13-22(14-8-18)32-24-16-28(20-9-11-21(30)12-10-20)17-29-25(24)27-23(26(29)31)15-19-5-3-2-4-6-19/h2-14,30H,15-17H2,1H3. The summed E-state index contributed by atoms with van der Waals surface area (Å²) in [5.41, 5.74) is 3.89. The van der Waals surface area contributed by atoms with Crippen molar-refractivity contribution in [2.75, 3.05) is 18.1 Å². The topological polar surface area (TPSA) is 56.1 Å². The van der Waals surface area contributed by atoms with E-state index in [9.17, 15) is 9.90 Å². The zero-order valence-corrected chi connectivity index (χ0v) is 19.4. The third-order valence-corrected chi connectivity index (χ3v) is 7.81. The Morgan fingerprint density at radius 2 is 1.69 bits per heavy atom. The zero-order valence-electron chi connectivity index (χ0n) is 17.7. The Hall–Kier alpha value is -3.34. The fraction of sp³-hybridized carbons (Fsp3) is 0.154. The number of aryl methyl sites for hydroxylation is 1. The summed E-state index contributed by atoms with van der Waals surface area (Å²) in [6, 6.07) is 25.7. The van der Waals surface area contributed by atoms with Gasteiger partial charge in [-0.1, -0.05) is 0 Å². The third-order valence-electron chi connectivity index (χ3n) is 5.58. The number of carbonyl (C=O) groups is 1. The maximum atomic E-state index is 13.3. The summed E-state index contributed by atoms with van der Waals surface area (Å²) >= 11 is 0.0445. The average molecular weight is 488 g/mol. The second kappa shape index (κ2) is 8.65. The van der Waals surface area contributed by atoms with Crippen LogP contribution < -0.4 is 9.36 Å². The van der Waals surface area contributed by atoms with Crippen LogP contribution in [0, 0.1) is 6.92 Å². The van der Waals surface area contributed by atoms with Gasteiger partial charge in [-0.2, -0.15) is 0 Å². The Morgan fingerprint density at radius 3 is 2.41 bits per heavy atom. The van der Waals surface area contributed by atoms with Gasteiger partial charge in [0.2, 0.25) is 0 Å². The second-order valence-corrected chi connectivity index (χ2v) is 10.4. The molecule has 0 aliphatic carbocycles. The first-order valence-corrected chi connectivity index (χ1v) is 12.2. The normalized spacial score (nSPS) is 15.8. The van der Waals surface area contributed by atoms with Crippen molar-refractivity contribution in [3.8, 4) is 5.75 Å². The molecule has 1 amide bonds. The van der Waals surface area contributed by atoms with Crippen LogP contribution in [-0.4, -0.2) is 49.8 Å². The van der Waals surface area contributed by atoms with Gasteiger partial charge in [-0.3, -0.25) is 0 Å². The van der Waals surface area contributed by atoms with Crippen LogP contribution in [0.3, 0.4) is 0 Å². The Kier molecular flexibility index (Phi) is 5.56. The molecule has 0 bridgehead atoms. The molecule has 0 unspecified atom stereocenters. The number of phenols is 1. The maximum absolute atomic E-state index is 13.3. The first-order chi connectivity index (χ1) is 15.6. The summed E-state index contributed by atoms with van der Waals surface area (Å²) < 4.78 is 2.44. The van der Waals surface area contributed by atoms with Gasteiger partial charge >= 0.3 is 194 Å². The van der Waals surface area contributed by atoms with E-state index in [1.165, 1.54) is 14.5 Å². The molecule has 6 heteroatoms. The monoisotopic (exact) mass is 489 g/mol. The quantitative estimate of drug-likeness (QED) is 0.562. The molecule has 5 nitrogen and oxygen atoms in total. The van der Waals surface area contributed by atoms with Crippen molar-refractivity contribution in [3.05, 3.63) is 100 Å². The number of anilines is 1. The van der Waals surface area contributed by atoms with Crippen LogP contribution >= 0.6 is 0 Å². The van der Waals surface area contributed by atoms with Gasteiger partial charge in [-0.05, 0) is 0 Å². The van der Waals surface area contributed by atoms with E-state index in [1.54, 1.807) is 17.0 Å². The van der Waals surface area contributed by atoms with Gasteiger partial charge in [0.1, 0.15) is 0 Å². The van der Waals surface area contributed by atoms with Gasteiger partial charge in [0.15, 0.2) is 0 Å². The zero-order chi connectivity index (χ0) is 22.1. The van der Waals surface area contributed by atoms with Crippen molar-refractivity contribution >= 4 is 36.7 Å². The average Bonchev–Trinajstić information content (AvgIpc) is 3.12. The van der Waals surface area contributed by atoms with E-state index >= 15 is 0 Å². The number of nitrogens with zero attached hydrogens (tertiary/aromatic N) is 3. The van der Waals surface area contributed by atoms with Crippen LogP contribution in [-0.2, 0) is 11.2 Å². The van der Waals surface area contributed by atoms with Crippen LogP contribution in [0.2, 0.25) is 0 Å². The van der Waals surface area contributed by atoms with E-state index in [4.69, 9.17) is 4.99 Å². The van der Waals surface area contributed by atoms with Crippen molar-refractivity contribution in [1.82, 2.24) is 4.90 Å². The molecule has 0 saturated heterocycles. The minimum absolute atomic E-state index is 0.0236. The molecule has 160 valence electrons. The first-order valence-electron chi connectivity index (χ1n) is 10.5. The molecule has 3 aromatic rings. The number of carbonyl (C=O) groups excluding carboxylic acids is 1. The summed E-state index contributed by atoms with van der Waals surface area (Å²) in [6.45, 7) is 3.25. The van der Waals surface area contributed by atoms with Crippen LogP contribution in [0.25, 0.3) is 0 Å². The molecule has 32 heavy (non-hydrogen) atoms. The fourth-order valence-electron chi connectivity index (χ4n) is 3.86. The number of amides is 1. The SMILES string of the molecule is Cc1ccc([Se]C2=C3N=C(Cc4ccccc4)C(=O)N3CN(c3ccc(O)cc3)C2)cc1. The molecule has 0 atom stereocenters. The van der Waals surface area contributed by atoms with Gasteiger partial charge < -0.3 is 0 Å². The van der Waals surface area contributed by atoms with Crippen LogP contribution in [0.5, 0.6) is 5.75 Å². The Bertz CT molecular complexity index is 1200. The number of hydrogen-bond donors (Lipinski definition) is 1. The van der Waals surface area contributed by atoms with E-state index in [2.05, 4.69) is 36.1 Å². The summed E-state index contributed by atoms with van der Waals surface area (Å²) in [7, 11) is 0. The van der Waals surface area contributed by atoms with Gasteiger partial charge in [-0.15, -0.1) is 0 Å². The summed E-state index contributed by atoms with van der Waals surface area (Å²) in [5, 5.41) is 9.68. The molecule has 0 spiro atoms. The van der Waals surface area contributed by atoms with Crippen LogP contribution in [0.4, 0.5) is 5.69 Å². The van der Waals surface area contributed by atoms with E-state index in [0.717, 1.165) is 17.1 Å². The number of fused-ring (bicyclic) bond motifs is 1. The molecule has 2 heterocycles. The molecule has 0 saturated carbocycles. The van der Waals surface area contributed by atoms with Crippen LogP contribution in [0.15, 0.2) is 94.1 Å². The van der Waals surface area contributed by atoms with Crippen molar-refractivity contribution < 1.29 is 9.90 Å². The number of rotatable bonds is 5. The second-order valence-electron chi connectivity index (χ2n) is 7.97. The summed E-state index contributed by atoms with van der Waals surface area (Å²) in [6.07, 6.45) is 0.531. The van der Waals surface area contributed by atoms with Gasteiger partial charge in [0.25, 0.3) is 0 Å². The molecule has 2 aliphatic heterocycles. The molecule has 0 radical (unpaired) electrons. The number of hydrogen-bond acceptors (Lipinski definition) is 4. The molecule has 0 fully saturated rings. The molecule has 3 aromatic carbocycles. The molecule has 1 N–H and O–H groups in total. The van der Waals surface area contributed by atoms with Gasteiger partial charge in [-0.25, -0.2) is 0 Å². The molecule has 0 aromatic heterocycles. The molecule has 2 aliphatic rings. The van der Waals surface area contributed by atoms with Crippen molar-refractivity contribution in [2.24, 2.45) is 4.99 Å². The number of aromatic hydroxyl groups is 1. The van der Waals surface area contributed by atoms with Gasteiger partial charge in [0.05, 0.1) is 0 Å². The predicted molar refractivity (Wildman–Crippen MR) is 128 cm³/mol. The minimum atomic E-state index is -0.0236. The van der Waals surface area contributed by atoms with Crippen molar-refractivity contribution in [1.29, 1.82) is 0 Å². The molecular formula is C26H23N3O2Se. The first kappa shape index (κ1) is 20.6. The van der Waals surface area contributed by atoms with E-state index in [0.29, 0.717) is 25.3 Å². The van der Waals surface area contributed by atoms with Crippen LogP contribution in [0.1, 0.15) is 11.1 Å². The van der Waals surface area contributed by atoms with E-state index in [-0.39, 0.29) is 26.6 Å². The van der Waals surface area contributed by atoms with Crippen molar-refractivity contribution in [3.63, 3.8) is 0 Å². The Balaban J connectivity index is 1.49. The summed E-state index contributed by atoms with van der Waals surface area (Å²) in [4.78, 5) is 22.1. The summed E-state index contributed by atoms with van der Waals surface area (Å²) in [5.74, 6) is 1.03. The molecule has 5 rings (SSSR count). The van der Waals surface area contributed by atoms with Crippen molar-refractivity contribution in [2.45, 2.75) is 13.3 Å². The fourth-order valence-corrected chi connectivity index (χ4v) is 6.01. The number of benzene rings is 3. The Labute approximate surface area is 193 Å². The van der Waals surface area contributed by atoms with E-state index in [1.807, 2.05) is 42.5 Å². The predicted octanol–water partition coefficient (Wildman–Crippen LogP) is 3.20. The third kappa shape index (κ3) is 4.20. The van der Waals surface area contributed by atoms with Gasteiger partial charge in [0, 0.05) is 0 Å². The Morgan fingerprint density at radius 1 is 0.969 bits per heavy atom. The molecular weight excluding hydrogens is 465 g/mol. The number of aliphatic imine (C=N–C) groups is 1.